The van der Waals surface area contributed by atoms with E-state index in [4.69, 9.17) is 0 Å². The zero-order valence-corrected chi connectivity index (χ0v) is 14.0. The first kappa shape index (κ1) is 15.0. The van der Waals surface area contributed by atoms with E-state index in [1.54, 1.807) is 5.56 Å². The molecule has 0 aromatic heterocycles. The van der Waals surface area contributed by atoms with Gasteiger partial charge in [0.2, 0.25) is 0 Å². The standard InChI is InChI=1S/C18H29P/c1-4-16-9-14(3)17(11-18(16)12-19)10-15-7-5-13(2)6-8-15/h9,11,13,15H,4-8,10,12,19H2,1-3H3. The predicted octanol–water partition coefficient (Wildman–Crippen LogP) is 5.30. The number of benzene rings is 1. The van der Waals surface area contributed by atoms with Crippen LogP contribution in [0.25, 0.3) is 0 Å². The minimum Gasteiger partial charge on any atom is -0.133 e. The van der Waals surface area contributed by atoms with Crippen LogP contribution in [0.1, 0.15) is 61.8 Å². The lowest BCUT2D eigenvalue weighted by atomic mass is 9.79. The average molecular weight is 276 g/mol. The molecule has 1 aromatic rings. The van der Waals surface area contributed by atoms with Crippen molar-refractivity contribution in [1.29, 1.82) is 0 Å². The molecule has 0 N–H and O–H groups in total. The molecule has 1 fully saturated rings. The predicted molar refractivity (Wildman–Crippen MR) is 88.8 cm³/mol. The molecule has 0 aliphatic heterocycles. The molecule has 1 heteroatoms. The van der Waals surface area contributed by atoms with E-state index in [9.17, 15) is 0 Å². The zero-order valence-electron chi connectivity index (χ0n) is 12.8. The Labute approximate surface area is 121 Å². The lowest BCUT2D eigenvalue weighted by molar-refractivity contribution is 0.288. The highest BCUT2D eigenvalue weighted by molar-refractivity contribution is 7.15. The van der Waals surface area contributed by atoms with Gasteiger partial charge in [-0.05, 0) is 72.9 Å². The van der Waals surface area contributed by atoms with Gasteiger partial charge in [0.05, 0.1) is 0 Å². The summed E-state index contributed by atoms with van der Waals surface area (Å²) in [5.41, 5.74) is 6.19. The van der Waals surface area contributed by atoms with E-state index in [1.807, 2.05) is 0 Å². The smallest absolute Gasteiger partial charge is 0.0126 e. The van der Waals surface area contributed by atoms with Gasteiger partial charge in [-0.15, -0.1) is 9.24 Å². The largest absolute Gasteiger partial charge is 0.133 e. The maximum atomic E-state index is 2.89. The molecular formula is C18H29P. The lowest BCUT2D eigenvalue weighted by Gasteiger charge is -2.27. The molecule has 0 spiro atoms. The number of rotatable bonds is 4. The highest BCUT2D eigenvalue weighted by Crippen LogP contribution is 2.32. The van der Waals surface area contributed by atoms with Crippen LogP contribution < -0.4 is 0 Å². The van der Waals surface area contributed by atoms with Gasteiger partial charge < -0.3 is 0 Å². The van der Waals surface area contributed by atoms with Crippen molar-refractivity contribution in [2.75, 3.05) is 0 Å². The molecule has 1 unspecified atom stereocenters. The Hall–Kier alpha value is -0.350. The molecule has 0 heterocycles. The highest BCUT2D eigenvalue weighted by Gasteiger charge is 2.19. The maximum Gasteiger partial charge on any atom is -0.0126 e. The van der Waals surface area contributed by atoms with Gasteiger partial charge in [-0.3, -0.25) is 0 Å². The summed E-state index contributed by atoms with van der Waals surface area (Å²) in [6.45, 7) is 6.97. The van der Waals surface area contributed by atoms with E-state index >= 15 is 0 Å². The average Bonchev–Trinajstić information content (AvgIpc) is 2.43. The molecule has 0 nitrogen and oxygen atoms in total. The van der Waals surface area contributed by atoms with Gasteiger partial charge in [0, 0.05) is 0 Å². The Balaban J connectivity index is 2.11. The Bertz CT molecular complexity index is 414. The molecule has 1 atom stereocenters. The van der Waals surface area contributed by atoms with E-state index in [2.05, 4.69) is 42.1 Å². The van der Waals surface area contributed by atoms with Gasteiger partial charge in [0.25, 0.3) is 0 Å². The molecule has 1 aliphatic rings. The van der Waals surface area contributed by atoms with Gasteiger partial charge in [-0.2, -0.15) is 0 Å². The van der Waals surface area contributed by atoms with E-state index < -0.39 is 0 Å². The summed E-state index contributed by atoms with van der Waals surface area (Å²) in [6.07, 6.45) is 9.31. The minimum absolute atomic E-state index is 0.930. The molecule has 0 amide bonds. The first-order valence-electron chi connectivity index (χ1n) is 7.95. The SMILES string of the molecule is CCc1cc(C)c(CC2CCC(C)CC2)cc1CP. The van der Waals surface area contributed by atoms with Crippen molar-refractivity contribution >= 4 is 9.24 Å². The second-order valence-electron chi connectivity index (χ2n) is 6.44. The van der Waals surface area contributed by atoms with Crippen molar-refractivity contribution in [2.24, 2.45) is 11.8 Å². The first-order valence-corrected chi connectivity index (χ1v) is 8.77. The van der Waals surface area contributed by atoms with Crippen LogP contribution >= 0.6 is 9.24 Å². The topological polar surface area (TPSA) is 0 Å². The Morgan fingerprint density at radius 2 is 1.74 bits per heavy atom. The van der Waals surface area contributed by atoms with Crippen molar-refractivity contribution in [3.8, 4) is 0 Å². The highest BCUT2D eigenvalue weighted by atomic mass is 31.0. The molecule has 19 heavy (non-hydrogen) atoms. The normalized spacial score (nSPS) is 23.6. The summed E-state index contributed by atoms with van der Waals surface area (Å²) in [5.74, 6) is 1.89. The molecule has 0 radical (unpaired) electrons. The van der Waals surface area contributed by atoms with E-state index in [0.29, 0.717) is 0 Å². The van der Waals surface area contributed by atoms with Gasteiger partial charge in [0.15, 0.2) is 0 Å². The van der Waals surface area contributed by atoms with Crippen LogP contribution in [0.4, 0.5) is 0 Å². The molecule has 1 aliphatic carbocycles. The van der Waals surface area contributed by atoms with Crippen molar-refractivity contribution in [1.82, 2.24) is 0 Å². The molecule has 106 valence electrons. The summed E-state index contributed by atoms with van der Waals surface area (Å²) in [5, 5.41) is 0. The van der Waals surface area contributed by atoms with Gasteiger partial charge in [-0.25, -0.2) is 0 Å². The summed E-state index contributed by atoms with van der Waals surface area (Å²) in [7, 11) is 2.89. The van der Waals surface area contributed by atoms with Crippen molar-refractivity contribution in [2.45, 2.75) is 65.5 Å². The van der Waals surface area contributed by atoms with Gasteiger partial charge in [-0.1, -0.05) is 38.8 Å². The fourth-order valence-electron chi connectivity index (χ4n) is 3.45. The molecule has 2 rings (SSSR count). The van der Waals surface area contributed by atoms with Crippen molar-refractivity contribution < 1.29 is 0 Å². The second-order valence-corrected chi connectivity index (χ2v) is 6.84. The summed E-state index contributed by atoms with van der Waals surface area (Å²) in [4.78, 5) is 0. The Kier molecular flexibility index (Phi) is 5.46. The van der Waals surface area contributed by atoms with E-state index in [1.165, 1.54) is 48.8 Å². The number of hydrogen-bond acceptors (Lipinski definition) is 0. The minimum atomic E-state index is 0.930. The van der Waals surface area contributed by atoms with Crippen LogP contribution in [0.2, 0.25) is 0 Å². The van der Waals surface area contributed by atoms with Crippen molar-refractivity contribution in [3.63, 3.8) is 0 Å². The van der Waals surface area contributed by atoms with Crippen LogP contribution in [0.15, 0.2) is 12.1 Å². The van der Waals surface area contributed by atoms with E-state index in [0.717, 1.165) is 24.4 Å². The molecular weight excluding hydrogens is 247 g/mol. The fourth-order valence-corrected chi connectivity index (χ4v) is 3.83. The van der Waals surface area contributed by atoms with Crippen molar-refractivity contribution in [3.05, 3.63) is 34.4 Å². The molecule has 0 bridgehead atoms. The van der Waals surface area contributed by atoms with Crippen LogP contribution in [0.5, 0.6) is 0 Å². The zero-order chi connectivity index (χ0) is 13.8. The second kappa shape index (κ2) is 6.89. The molecule has 1 saturated carbocycles. The van der Waals surface area contributed by atoms with Gasteiger partial charge in [0.1, 0.15) is 0 Å². The third-order valence-corrected chi connectivity index (χ3v) is 5.34. The third-order valence-electron chi connectivity index (χ3n) is 4.90. The summed E-state index contributed by atoms with van der Waals surface area (Å²) >= 11 is 0. The molecule has 1 aromatic carbocycles. The first-order chi connectivity index (χ1) is 9.13. The van der Waals surface area contributed by atoms with Crippen LogP contribution in [-0.2, 0) is 19.0 Å². The maximum absolute atomic E-state index is 2.89. The Morgan fingerprint density at radius 3 is 2.32 bits per heavy atom. The van der Waals surface area contributed by atoms with Crippen LogP contribution in [0.3, 0.4) is 0 Å². The third kappa shape index (κ3) is 3.82. The quantitative estimate of drug-likeness (QED) is 0.654. The Morgan fingerprint density at radius 1 is 1.05 bits per heavy atom. The summed E-state index contributed by atoms with van der Waals surface area (Å²) < 4.78 is 0. The lowest BCUT2D eigenvalue weighted by Crippen LogP contribution is -2.15. The fraction of sp³-hybridized carbons (Fsp3) is 0.667. The van der Waals surface area contributed by atoms with E-state index in [-0.39, 0.29) is 0 Å². The number of hydrogen-bond donors (Lipinski definition) is 0. The van der Waals surface area contributed by atoms with Gasteiger partial charge >= 0.3 is 0 Å². The summed E-state index contributed by atoms with van der Waals surface area (Å²) in [6, 6.07) is 4.92. The number of aryl methyl sites for hydroxylation is 2. The van der Waals surface area contributed by atoms with Crippen LogP contribution in [-0.4, -0.2) is 0 Å². The molecule has 0 saturated heterocycles. The van der Waals surface area contributed by atoms with Crippen LogP contribution in [0, 0.1) is 18.8 Å². The monoisotopic (exact) mass is 276 g/mol.